The molecule has 1 unspecified atom stereocenters. The zero-order chi connectivity index (χ0) is 20.5. The summed E-state index contributed by atoms with van der Waals surface area (Å²) in [5, 5.41) is 0. The van der Waals surface area contributed by atoms with E-state index in [9.17, 15) is 4.39 Å². The summed E-state index contributed by atoms with van der Waals surface area (Å²) >= 11 is 0. The van der Waals surface area contributed by atoms with Crippen molar-refractivity contribution in [3.63, 3.8) is 0 Å². The van der Waals surface area contributed by atoms with E-state index in [0.717, 1.165) is 52.7 Å². The predicted octanol–water partition coefficient (Wildman–Crippen LogP) is 6.91. The quantitative estimate of drug-likeness (QED) is 0.309. The highest BCUT2D eigenvalue weighted by Gasteiger charge is 2.04. The van der Waals surface area contributed by atoms with Gasteiger partial charge in [0.25, 0.3) is 0 Å². The number of unbranched alkanes of at least 4 members (excludes halogenated alkanes) is 3. The highest BCUT2D eigenvalue weighted by Crippen LogP contribution is 2.23. The van der Waals surface area contributed by atoms with Crippen LogP contribution in [0.1, 0.15) is 63.6 Å². The molecular weight excluding hydrogens is 359 g/mol. The first-order valence-corrected chi connectivity index (χ1v) is 10.6. The molecule has 1 atom stereocenters. The Morgan fingerprint density at radius 1 is 0.966 bits per heavy atom. The van der Waals surface area contributed by atoms with E-state index in [1.807, 2.05) is 18.3 Å². The summed E-state index contributed by atoms with van der Waals surface area (Å²) in [7, 11) is 0. The van der Waals surface area contributed by atoms with Crippen molar-refractivity contribution in [1.82, 2.24) is 9.97 Å². The minimum atomic E-state index is -0.740. The Balaban J connectivity index is 1.67. The number of benzene rings is 2. The van der Waals surface area contributed by atoms with E-state index in [4.69, 9.17) is 4.98 Å². The first-order valence-electron chi connectivity index (χ1n) is 10.6. The van der Waals surface area contributed by atoms with E-state index >= 15 is 0 Å². The van der Waals surface area contributed by atoms with Crippen molar-refractivity contribution in [3.05, 3.63) is 59.9 Å². The third kappa shape index (κ3) is 6.39. The lowest BCUT2D eigenvalue weighted by Crippen LogP contribution is -1.94. The third-order valence-corrected chi connectivity index (χ3v) is 4.98. The molecule has 0 spiro atoms. The fourth-order valence-electron chi connectivity index (χ4n) is 3.29. The van der Waals surface area contributed by atoms with Crippen LogP contribution in [0.2, 0.25) is 0 Å². The normalized spacial score (nSPS) is 11.8. The van der Waals surface area contributed by atoms with Crippen molar-refractivity contribution < 1.29 is 4.39 Å². The monoisotopic (exact) mass is 388 g/mol. The fraction of sp³-hybridized carbons (Fsp3) is 0.385. The molecule has 2 aromatic carbocycles. The van der Waals surface area contributed by atoms with E-state index in [0.29, 0.717) is 6.42 Å². The maximum Gasteiger partial charge on any atom is 0.0973 e. The Bertz CT molecular complexity index is 981. The zero-order valence-electron chi connectivity index (χ0n) is 17.4. The summed E-state index contributed by atoms with van der Waals surface area (Å²) in [5.74, 6) is 6.29. The number of nitrogens with zero attached hydrogens (tertiary/aromatic N) is 2. The lowest BCUT2D eigenvalue weighted by molar-refractivity contribution is 0.336. The van der Waals surface area contributed by atoms with Crippen LogP contribution in [0.3, 0.4) is 0 Å². The van der Waals surface area contributed by atoms with Crippen LogP contribution in [-0.4, -0.2) is 16.1 Å². The SMILES string of the molecule is CCCCCc1cnc2cc(-c3ccc(C#CCCCC(C)F)cc3)ccc2n1. The Labute approximate surface area is 173 Å². The average Bonchev–Trinajstić information content (AvgIpc) is 2.73. The smallest absolute Gasteiger partial charge is 0.0973 e. The highest BCUT2D eigenvalue weighted by atomic mass is 19.1. The van der Waals surface area contributed by atoms with Crippen molar-refractivity contribution in [2.24, 2.45) is 0 Å². The summed E-state index contributed by atoms with van der Waals surface area (Å²) < 4.78 is 12.8. The number of alkyl halides is 1. The molecule has 1 heterocycles. The highest BCUT2D eigenvalue weighted by molar-refractivity contribution is 5.81. The molecule has 0 aliphatic rings. The molecule has 29 heavy (non-hydrogen) atoms. The van der Waals surface area contributed by atoms with Gasteiger partial charge in [-0.3, -0.25) is 4.98 Å². The number of aryl methyl sites for hydroxylation is 1. The number of aromatic nitrogens is 2. The molecule has 0 amide bonds. The molecule has 3 aromatic rings. The summed E-state index contributed by atoms with van der Waals surface area (Å²) in [6.07, 6.45) is 7.90. The minimum Gasteiger partial charge on any atom is -0.253 e. The number of hydrogen-bond donors (Lipinski definition) is 0. The molecule has 0 radical (unpaired) electrons. The Morgan fingerprint density at radius 3 is 2.52 bits per heavy atom. The van der Waals surface area contributed by atoms with Crippen LogP contribution in [0.4, 0.5) is 4.39 Å². The predicted molar refractivity (Wildman–Crippen MR) is 120 cm³/mol. The number of rotatable bonds is 8. The molecule has 3 rings (SSSR count). The molecule has 1 aromatic heterocycles. The lowest BCUT2D eigenvalue weighted by atomic mass is 10.0. The van der Waals surface area contributed by atoms with Gasteiger partial charge in [0.15, 0.2) is 0 Å². The number of hydrogen-bond acceptors (Lipinski definition) is 2. The van der Waals surface area contributed by atoms with E-state index in [1.165, 1.54) is 19.3 Å². The van der Waals surface area contributed by atoms with Crippen LogP contribution in [-0.2, 0) is 6.42 Å². The molecule has 2 nitrogen and oxygen atoms in total. The van der Waals surface area contributed by atoms with E-state index in [1.54, 1.807) is 6.92 Å². The van der Waals surface area contributed by atoms with Gasteiger partial charge in [-0.05, 0) is 68.0 Å². The van der Waals surface area contributed by atoms with Gasteiger partial charge in [0.05, 0.1) is 22.9 Å². The van der Waals surface area contributed by atoms with Crippen molar-refractivity contribution in [2.45, 2.75) is 65.0 Å². The van der Waals surface area contributed by atoms with E-state index in [-0.39, 0.29) is 0 Å². The molecule has 0 fully saturated rings. The maximum absolute atomic E-state index is 12.8. The van der Waals surface area contributed by atoms with Crippen molar-refractivity contribution >= 4 is 11.0 Å². The molecule has 0 N–H and O–H groups in total. The van der Waals surface area contributed by atoms with Gasteiger partial charge in [-0.25, -0.2) is 9.37 Å². The van der Waals surface area contributed by atoms with Gasteiger partial charge in [0.2, 0.25) is 0 Å². The average molecular weight is 389 g/mol. The summed E-state index contributed by atoms with van der Waals surface area (Å²) in [5.41, 5.74) is 6.20. The fourth-order valence-corrected chi connectivity index (χ4v) is 3.29. The molecule has 0 saturated heterocycles. The summed E-state index contributed by atoms with van der Waals surface area (Å²) in [6, 6.07) is 14.5. The number of fused-ring (bicyclic) bond motifs is 1. The number of halogens is 1. The third-order valence-electron chi connectivity index (χ3n) is 4.98. The molecule has 0 bridgehead atoms. The lowest BCUT2D eigenvalue weighted by Gasteiger charge is -2.06. The largest absolute Gasteiger partial charge is 0.253 e. The van der Waals surface area contributed by atoms with Crippen LogP contribution in [0.15, 0.2) is 48.7 Å². The second kappa shape index (κ2) is 10.7. The van der Waals surface area contributed by atoms with Crippen molar-refractivity contribution in [3.8, 4) is 23.0 Å². The first kappa shape index (κ1) is 21.0. The van der Waals surface area contributed by atoms with Gasteiger partial charge < -0.3 is 0 Å². The van der Waals surface area contributed by atoms with Crippen LogP contribution in [0.25, 0.3) is 22.2 Å². The minimum absolute atomic E-state index is 0.582. The second-order valence-corrected chi connectivity index (χ2v) is 7.57. The molecule has 150 valence electrons. The van der Waals surface area contributed by atoms with Gasteiger partial charge in [-0.2, -0.15) is 0 Å². The summed E-state index contributed by atoms with van der Waals surface area (Å²) in [6.45, 7) is 3.80. The Morgan fingerprint density at radius 2 is 1.76 bits per heavy atom. The van der Waals surface area contributed by atoms with Crippen LogP contribution in [0, 0.1) is 11.8 Å². The molecule has 0 aliphatic heterocycles. The molecule has 0 saturated carbocycles. The van der Waals surface area contributed by atoms with Gasteiger partial charge >= 0.3 is 0 Å². The Kier molecular flexibility index (Phi) is 7.76. The summed E-state index contributed by atoms with van der Waals surface area (Å²) in [4.78, 5) is 9.37. The van der Waals surface area contributed by atoms with Gasteiger partial charge in [0, 0.05) is 18.2 Å². The van der Waals surface area contributed by atoms with E-state index in [2.05, 4.69) is 54.1 Å². The standard InChI is InChI=1S/C26H29FN2/c1-3-4-6-11-24-19-28-26-18-23(16-17-25(26)29-24)22-14-12-21(13-15-22)10-8-5-7-9-20(2)27/h12-20H,3-7,9,11H2,1-2H3. The van der Waals surface area contributed by atoms with Crippen LogP contribution in [0.5, 0.6) is 0 Å². The van der Waals surface area contributed by atoms with Crippen molar-refractivity contribution in [2.75, 3.05) is 0 Å². The van der Waals surface area contributed by atoms with E-state index < -0.39 is 6.17 Å². The van der Waals surface area contributed by atoms with Gasteiger partial charge in [0.1, 0.15) is 0 Å². The topological polar surface area (TPSA) is 25.8 Å². The second-order valence-electron chi connectivity index (χ2n) is 7.57. The van der Waals surface area contributed by atoms with Crippen LogP contribution < -0.4 is 0 Å². The zero-order valence-corrected chi connectivity index (χ0v) is 17.4. The molecule has 3 heteroatoms. The Hall–Kier alpha value is -2.73. The van der Waals surface area contributed by atoms with Crippen molar-refractivity contribution in [1.29, 1.82) is 0 Å². The van der Waals surface area contributed by atoms with Crippen LogP contribution >= 0.6 is 0 Å². The maximum atomic E-state index is 12.8. The molecule has 0 aliphatic carbocycles. The van der Waals surface area contributed by atoms with Gasteiger partial charge in [-0.1, -0.05) is 49.8 Å². The molecular formula is C26H29FN2. The first-order chi connectivity index (χ1) is 14.2. The van der Waals surface area contributed by atoms with Gasteiger partial charge in [-0.15, -0.1) is 0 Å².